The third-order valence-electron chi connectivity index (χ3n) is 1.58. The second kappa shape index (κ2) is 4.51. The lowest BCUT2D eigenvalue weighted by Gasteiger charge is -2.07. The fourth-order valence-electron chi connectivity index (χ4n) is 0.899. The maximum atomic E-state index is 10.9. The van der Waals surface area contributed by atoms with Crippen LogP contribution in [0.1, 0.15) is 5.69 Å². The Morgan fingerprint density at radius 1 is 1.77 bits per heavy atom. The summed E-state index contributed by atoms with van der Waals surface area (Å²) >= 11 is 0. The first-order valence-electron chi connectivity index (χ1n) is 3.82. The van der Waals surface area contributed by atoms with Gasteiger partial charge in [0.1, 0.15) is 12.4 Å². The summed E-state index contributed by atoms with van der Waals surface area (Å²) in [5.41, 5.74) is 6.25. The maximum absolute atomic E-state index is 10.9. The summed E-state index contributed by atoms with van der Waals surface area (Å²) in [6.45, 7) is 0. The first-order valence-corrected chi connectivity index (χ1v) is 3.82. The summed E-state index contributed by atoms with van der Waals surface area (Å²) in [4.78, 5) is 18.6. The van der Waals surface area contributed by atoms with Crippen molar-refractivity contribution in [2.24, 2.45) is 5.73 Å². The predicted molar refractivity (Wildman–Crippen MR) is 45.7 cm³/mol. The maximum Gasteiger partial charge on any atom is 0.323 e. The van der Waals surface area contributed by atoms with Crippen molar-refractivity contribution in [3.8, 4) is 0 Å². The molecule has 1 aromatic heterocycles. The smallest absolute Gasteiger partial charge is 0.323 e. The summed E-state index contributed by atoms with van der Waals surface area (Å²) < 4.78 is 4.48. The van der Waals surface area contributed by atoms with Gasteiger partial charge < -0.3 is 10.5 Å². The highest BCUT2D eigenvalue weighted by Crippen LogP contribution is 1.97. The van der Waals surface area contributed by atoms with Crippen molar-refractivity contribution < 1.29 is 9.53 Å². The number of carbonyl (C=O) groups is 1. The Hall–Kier alpha value is -1.49. The number of hydrogen-bond acceptors (Lipinski definition) is 5. The average Bonchev–Trinajstić information content (AvgIpc) is 2.18. The van der Waals surface area contributed by atoms with Crippen molar-refractivity contribution in [2.45, 2.75) is 12.5 Å². The molecular formula is C8H11N3O2. The lowest BCUT2D eigenvalue weighted by molar-refractivity contribution is -0.142. The molecule has 0 aliphatic heterocycles. The molecule has 0 fully saturated rings. The van der Waals surface area contributed by atoms with Crippen molar-refractivity contribution in [2.75, 3.05) is 7.11 Å². The van der Waals surface area contributed by atoms with Gasteiger partial charge in [-0.1, -0.05) is 0 Å². The van der Waals surface area contributed by atoms with E-state index in [0.29, 0.717) is 6.42 Å². The zero-order valence-corrected chi connectivity index (χ0v) is 7.30. The number of methoxy groups -OCH3 is 1. The van der Waals surface area contributed by atoms with Crippen LogP contribution in [-0.2, 0) is 16.0 Å². The lowest BCUT2D eigenvalue weighted by atomic mass is 10.2. The third-order valence-corrected chi connectivity index (χ3v) is 1.58. The van der Waals surface area contributed by atoms with E-state index in [9.17, 15) is 4.79 Å². The van der Waals surface area contributed by atoms with Crippen LogP contribution in [-0.4, -0.2) is 29.1 Å². The van der Waals surface area contributed by atoms with E-state index in [2.05, 4.69) is 14.7 Å². The molecule has 1 aromatic rings. The molecule has 2 N–H and O–H groups in total. The van der Waals surface area contributed by atoms with Crippen LogP contribution in [0.5, 0.6) is 0 Å². The van der Waals surface area contributed by atoms with Gasteiger partial charge in [0.15, 0.2) is 0 Å². The van der Waals surface area contributed by atoms with Crippen molar-refractivity contribution in [3.05, 3.63) is 24.3 Å². The van der Waals surface area contributed by atoms with Gasteiger partial charge in [0, 0.05) is 18.3 Å². The zero-order chi connectivity index (χ0) is 9.68. The number of carbonyl (C=O) groups excluding carboxylic acids is 1. The summed E-state index contributed by atoms with van der Waals surface area (Å²) in [5.74, 6) is -0.432. The molecule has 1 atom stereocenters. The van der Waals surface area contributed by atoms with E-state index in [0.717, 1.165) is 5.69 Å². The average molecular weight is 181 g/mol. The van der Waals surface area contributed by atoms with Crippen LogP contribution in [0.25, 0.3) is 0 Å². The minimum atomic E-state index is -0.653. The third kappa shape index (κ3) is 2.79. The highest BCUT2D eigenvalue weighted by Gasteiger charge is 2.14. The number of rotatable bonds is 3. The molecule has 5 nitrogen and oxygen atoms in total. The Bertz CT molecular complexity index is 276. The molecule has 0 saturated heterocycles. The Labute approximate surface area is 75.9 Å². The monoisotopic (exact) mass is 181 g/mol. The van der Waals surface area contributed by atoms with E-state index in [1.54, 1.807) is 12.3 Å². The molecular weight excluding hydrogens is 170 g/mol. The predicted octanol–water partition coefficient (Wildman–Crippen LogP) is -0.481. The van der Waals surface area contributed by atoms with Gasteiger partial charge in [-0.3, -0.25) is 4.79 Å². The van der Waals surface area contributed by atoms with E-state index >= 15 is 0 Å². The van der Waals surface area contributed by atoms with Crippen molar-refractivity contribution in [1.82, 2.24) is 9.97 Å². The Morgan fingerprint density at radius 2 is 2.54 bits per heavy atom. The minimum Gasteiger partial charge on any atom is -0.468 e. The van der Waals surface area contributed by atoms with Gasteiger partial charge in [0.25, 0.3) is 0 Å². The first kappa shape index (κ1) is 9.60. The Morgan fingerprint density at radius 3 is 3.08 bits per heavy atom. The number of esters is 1. The van der Waals surface area contributed by atoms with Crippen molar-refractivity contribution in [3.63, 3.8) is 0 Å². The highest BCUT2D eigenvalue weighted by atomic mass is 16.5. The second-order valence-corrected chi connectivity index (χ2v) is 2.53. The van der Waals surface area contributed by atoms with Gasteiger partial charge in [0.2, 0.25) is 0 Å². The van der Waals surface area contributed by atoms with Crippen LogP contribution >= 0.6 is 0 Å². The minimum absolute atomic E-state index is 0.370. The number of nitrogens with two attached hydrogens (primary N) is 1. The molecule has 5 heteroatoms. The fourth-order valence-corrected chi connectivity index (χ4v) is 0.899. The van der Waals surface area contributed by atoms with Crippen molar-refractivity contribution >= 4 is 5.97 Å². The summed E-state index contributed by atoms with van der Waals surface area (Å²) in [6.07, 6.45) is 3.39. The van der Waals surface area contributed by atoms with Crippen LogP contribution in [0.4, 0.5) is 0 Å². The molecule has 0 amide bonds. The van der Waals surface area contributed by atoms with E-state index < -0.39 is 12.0 Å². The molecule has 0 bridgehead atoms. The van der Waals surface area contributed by atoms with E-state index in [4.69, 9.17) is 5.73 Å². The molecule has 0 radical (unpaired) electrons. The summed E-state index contributed by atoms with van der Waals surface area (Å²) in [6, 6.07) is 1.06. The summed E-state index contributed by atoms with van der Waals surface area (Å²) in [5, 5.41) is 0. The number of hydrogen-bond donors (Lipinski definition) is 1. The van der Waals surface area contributed by atoms with Gasteiger partial charge >= 0.3 is 5.97 Å². The molecule has 70 valence electrons. The van der Waals surface area contributed by atoms with Gasteiger partial charge in [-0.2, -0.15) is 0 Å². The molecule has 0 unspecified atom stereocenters. The molecule has 13 heavy (non-hydrogen) atoms. The fraction of sp³-hybridized carbons (Fsp3) is 0.375. The molecule has 1 rings (SSSR count). The topological polar surface area (TPSA) is 78.1 Å². The van der Waals surface area contributed by atoms with Gasteiger partial charge in [0.05, 0.1) is 7.11 Å². The lowest BCUT2D eigenvalue weighted by Crippen LogP contribution is -2.33. The van der Waals surface area contributed by atoms with Crippen LogP contribution in [0.2, 0.25) is 0 Å². The van der Waals surface area contributed by atoms with E-state index in [1.807, 2.05) is 0 Å². The van der Waals surface area contributed by atoms with Crippen LogP contribution in [0.3, 0.4) is 0 Å². The molecule has 0 aromatic carbocycles. The molecule has 0 aliphatic carbocycles. The van der Waals surface area contributed by atoms with Gasteiger partial charge in [-0.25, -0.2) is 9.97 Å². The largest absolute Gasteiger partial charge is 0.468 e. The zero-order valence-electron chi connectivity index (χ0n) is 7.30. The molecule has 0 aliphatic rings. The molecule has 0 saturated carbocycles. The first-order chi connectivity index (χ1) is 6.24. The van der Waals surface area contributed by atoms with E-state index in [-0.39, 0.29) is 0 Å². The molecule has 0 spiro atoms. The Balaban J connectivity index is 2.55. The van der Waals surface area contributed by atoms with Crippen LogP contribution in [0, 0.1) is 0 Å². The highest BCUT2D eigenvalue weighted by molar-refractivity contribution is 5.75. The number of ether oxygens (including phenoxy) is 1. The van der Waals surface area contributed by atoms with Crippen LogP contribution in [0.15, 0.2) is 18.6 Å². The Kier molecular flexibility index (Phi) is 3.33. The SMILES string of the molecule is COC(=O)[C@H](N)Cc1ccncn1. The van der Waals surface area contributed by atoms with Crippen LogP contribution < -0.4 is 5.73 Å². The quantitative estimate of drug-likeness (QED) is 0.637. The van der Waals surface area contributed by atoms with Gasteiger partial charge in [-0.15, -0.1) is 0 Å². The number of aromatic nitrogens is 2. The van der Waals surface area contributed by atoms with Gasteiger partial charge in [-0.05, 0) is 6.07 Å². The van der Waals surface area contributed by atoms with Crippen molar-refractivity contribution in [1.29, 1.82) is 0 Å². The summed E-state index contributed by atoms with van der Waals surface area (Å²) in [7, 11) is 1.31. The molecule has 1 heterocycles. The van der Waals surface area contributed by atoms with E-state index in [1.165, 1.54) is 13.4 Å². The normalized spacial score (nSPS) is 12.2. The standard InChI is InChI=1S/C8H11N3O2/c1-13-8(12)7(9)4-6-2-3-10-5-11-6/h2-3,5,7H,4,9H2,1H3/t7-/m1/s1. The number of nitrogens with zero attached hydrogens (tertiary/aromatic N) is 2. The second-order valence-electron chi connectivity index (χ2n) is 2.53.